The number of piperidine rings is 1. The highest BCUT2D eigenvalue weighted by atomic mass is 16.2. The summed E-state index contributed by atoms with van der Waals surface area (Å²) in [5.74, 6) is 0.0801. The van der Waals surface area contributed by atoms with Gasteiger partial charge in [0.2, 0.25) is 17.6 Å². The highest BCUT2D eigenvalue weighted by molar-refractivity contribution is 5.91. The Morgan fingerprint density at radius 2 is 2.00 bits per heavy atom. The first-order chi connectivity index (χ1) is 13.4. The van der Waals surface area contributed by atoms with E-state index in [1.807, 2.05) is 13.8 Å². The molecule has 0 spiro atoms. The van der Waals surface area contributed by atoms with E-state index in [1.54, 1.807) is 9.58 Å². The number of likely N-dealkylation sites (tertiary alicyclic amines) is 1. The largest absolute Gasteiger partial charge is 0.352 e. The van der Waals surface area contributed by atoms with Crippen LogP contribution >= 0.6 is 0 Å². The molecule has 2 heterocycles. The molecule has 2 fully saturated rings. The van der Waals surface area contributed by atoms with E-state index in [0.29, 0.717) is 32.0 Å². The van der Waals surface area contributed by atoms with Crippen molar-refractivity contribution in [3.8, 4) is 0 Å². The van der Waals surface area contributed by atoms with E-state index in [9.17, 15) is 14.4 Å². The summed E-state index contributed by atoms with van der Waals surface area (Å²) >= 11 is 0. The Kier molecular flexibility index (Phi) is 6.00. The zero-order chi connectivity index (χ0) is 20.3. The van der Waals surface area contributed by atoms with Crippen molar-refractivity contribution in [3.63, 3.8) is 0 Å². The van der Waals surface area contributed by atoms with Gasteiger partial charge in [-0.15, -0.1) is 0 Å². The number of nitrogens with one attached hydrogen (secondary N) is 2. The SMILES string of the molecule is CCn1ncnc1C(=O)NC(C)(CNC(=O)C1CCCCN1C(C)=O)C1CC1. The zero-order valence-electron chi connectivity index (χ0n) is 16.9. The van der Waals surface area contributed by atoms with Crippen LogP contribution in [0.4, 0.5) is 0 Å². The number of amides is 3. The predicted molar refractivity (Wildman–Crippen MR) is 102 cm³/mol. The van der Waals surface area contributed by atoms with Crippen molar-refractivity contribution in [2.75, 3.05) is 13.1 Å². The third kappa shape index (κ3) is 4.34. The lowest BCUT2D eigenvalue weighted by Crippen LogP contribution is -2.58. The summed E-state index contributed by atoms with van der Waals surface area (Å²) in [5, 5.41) is 10.1. The van der Waals surface area contributed by atoms with Crippen molar-refractivity contribution in [2.24, 2.45) is 5.92 Å². The number of aryl methyl sites for hydroxylation is 1. The van der Waals surface area contributed by atoms with Gasteiger partial charge in [0, 0.05) is 26.6 Å². The molecule has 3 rings (SSSR count). The van der Waals surface area contributed by atoms with Crippen molar-refractivity contribution in [1.29, 1.82) is 0 Å². The second kappa shape index (κ2) is 8.28. The standard InChI is InChI=1S/C19H30N6O3/c1-4-25-16(21-12-22-25)18(28)23-19(3,14-8-9-14)11-20-17(27)15-7-5-6-10-24(15)13(2)26/h12,14-15H,4-11H2,1-3H3,(H,20,27)(H,23,28). The maximum atomic E-state index is 12.8. The van der Waals surface area contributed by atoms with Gasteiger partial charge in [-0.1, -0.05) is 0 Å². The molecule has 0 aromatic carbocycles. The van der Waals surface area contributed by atoms with Crippen LogP contribution in [0.15, 0.2) is 6.33 Å². The summed E-state index contributed by atoms with van der Waals surface area (Å²) in [6.45, 7) is 6.86. The molecular formula is C19H30N6O3. The number of carbonyl (C=O) groups excluding carboxylic acids is 3. The number of rotatable bonds is 7. The highest BCUT2D eigenvalue weighted by Gasteiger charge is 2.44. The van der Waals surface area contributed by atoms with Crippen molar-refractivity contribution >= 4 is 17.7 Å². The van der Waals surface area contributed by atoms with E-state index < -0.39 is 11.6 Å². The molecule has 154 valence electrons. The summed E-state index contributed by atoms with van der Waals surface area (Å²) in [6.07, 6.45) is 5.93. The molecule has 1 saturated heterocycles. The summed E-state index contributed by atoms with van der Waals surface area (Å²) in [6, 6.07) is -0.423. The van der Waals surface area contributed by atoms with Gasteiger partial charge in [0.1, 0.15) is 12.4 Å². The van der Waals surface area contributed by atoms with Gasteiger partial charge in [0.25, 0.3) is 5.91 Å². The fourth-order valence-corrected chi connectivity index (χ4v) is 3.97. The molecule has 1 aromatic heterocycles. The van der Waals surface area contributed by atoms with Crippen LogP contribution in [-0.2, 0) is 16.1 Å². The van der Waals surface area contributed by atoms with Crippen LogP contribution in [0.1, 0.15) is 63.5 Å². The first-order valence-corrected chi connectivity index (χ1v) is 10.1. The maximum Gasteiger partial charge on any atom is 0.289 e. The van der Waals surface area contributed by atoms with E-state index >= 15 is 0 Å². The van der Waals surface area contributed by atoms with Crippen LogP contribution < -0.4 is 10.6 Å². The number of carbonyl (C=O) groups is 3. The van der Waals surface area contributed by atoms with Gasteiger partial charge < -0.3 is 15.5 Å². The van der Waals surface area contributed by atoms with Crippen molar-refractivity contribution in [2.45, 2.75) is 71.0 Å². The van der Waals surface area contributed by atoms with E-state index in [0.717, 1.165) is 25.7 Å². The average Bonchev–Trinajstić information content (AvgIpc) is 3.44. The average molecular weight is 390 g/mol. The first-order valence-electron chi connectivity index (χ1n) is 10.1. The van der Waals surface area contributed by atoms with Crippen LogP contribution in [-0.4, -0.2) is 62.1 Å². The smallest absolute Gasteiger partial charge is 0.289 e. The van der Waals surface area contributed by atoms with Crippen LogP contribution in [0.5, 0.6) is 0 Å². The molecule has 9 nitrogen and oxygen atoms in total. The fourth-order valence-electron chi connectivity index (χ4n) is 3.97. The lowest BCUT2D eigenvalue weighted by Gasteiger charge is -2.36. The fraction of sp³-hybridized carbons (Fsp3) is 0.737. The van der Waals surface area contributed by atoms with Crippen LogP contribution in [0.25, 0.3) is 0 Å². The summed E-state index contributed by atoms with van der Waals surface area (Å²) in [4.78, 5) is 43.0. The van der Waals surface area contributed by atoms with Gasteiger partial charge in [-0.3, -0.25) is 14.4 Å². The summed E-state index contributed by atoms with van der Waals surface area (Å²) in [7, 11) is 0. The molecule has 2 N–H and O–H groups in total. The molecule has 28 heavy (non-hydrogen) atoms. The number of aromatic nitrogens is 3. The third-order valence-corrected chi connectivity index (χ3v) is 5.84. The normalized spacial score (nSPS) is 21.7. The van der Waals surface area contributed by atoms with Crippen molar-refractivity contribution in [1.82, 2.24) is 30.3 Å². The Morgan fingerprint density at radius 3 is 2.64 bits per heavy atom. The molecule has 2 unspecified atom stereocenters. The first kappa shape index (κ1) is 20.3. The molecule has 2 aliphatic rings. The van der Waals surface area contributed by atoms with E-state index in [4.69, 9.17) is 0 Å². The molecule has 1 saturated carbocycles. The number of hydrogen-bond acceptors (Lipinski definition) is 5. The molecule has 0 bridgehead atoms. The van der Waals surface area contributed by atoms with Crippen LogP contribution in [0.2, 0.25) is 0 Å². The predicted octanol–water partition coefficient (Wildman–Crippen LogP) is 0.714. The van der Waals surface area contributed by atoms with Gasteiger partial charge in [-0.2, -0.15) is 5.10 Å². The Morgan fingerprint density at radius 1 is 1.25 bits per heavy atom. The van der Waals surface area contributed by atoms with Crippen molar-refractivity contribution < 1.29 is 14.4 Å². The Hall–Kier alpha value is -2.45. The van der Waals surface area contributed by atoms with Gasteiger partial charge in [0.05, 0.1) is 5.54 Å². The quantitative estimate of drug-likeness (QED) is 0.713. The molecule has 0 radical (unpaired) electrons. The van der Waals surface area contributed by atoms with E-state index in [-0.39, 0.29) is 23.5 Å². The van der Waals surface area contributed by atoms with Gasteiger partial charge in [-0.25, -0.2) is 9.67 Å². The van der Waals surface area contributed by atoms with Crippen LogP contribution in [0, 0.1) is 5.92 Å². The lowest BCUT2D eigenvalue weighted by molar-refractivity contribution is -0.140. The van der Waals surface area contributed by atoms with Gasteiger partial charge >= 0.3 is 0 Å². The van der Waals surface area contributed by atoms with E-state index in [2.05, 4.69) is 20.7 Å². The molecule has 1 aromatic rings. The lowest BCUT2D eigenvalue weighted by atomic mass is 9.94. The minimum Gasteiger partial charge on any atom is -0.352 e. The monoisotopic (exact) mass is 390 g/mol. The minimum absolute atomic E-state index is 0.0722. The third-order valence-electron chi connectivity index (χ3n) is 5.84. The highest BCUT2D eigenvalue weighted by Crippen LogP contribution is 2.39. The van der Waals surface area contributed by atoms with Gasteiger partial charge in [-0.05, 0) is 51.9 Å². The molecular weight excluding hydrogens is 360 g/mol. The topological polar surface area (TPSA) is 109 Å². The maximum absolute atomic E-state index is 12.8. The molecule has 9 heteroatoms. The summed E-state index contributed by atoms with van der Waals surface area (Å²) < 4.78 is 1.55. The van der Waals surface area contributed by atoms with Gasteiger partial charge in [0.15, 0.2) is 0 Å². The summed E-state index contributed by atoms with van der Waals surface area (Å²) in [5.41, 5.74) is -0.563. The Bertz CT molecular complexity index is 744. The zero-order valence-corrected chi connectivity index (χ0v) is 16.9. The molecule has 3 amide bonds. The Balaban J connectivity index is 1.65. The minimum atomic E-state index is -0.563. The number of hydrogen-bond donors (Lipinski definition) is 2. The molecule has 1 aliphatic carbocycles. The second-order valence-electron chi connectivity index (χ2n) is 7.99. The molecule has 2 atom stereocenters. The van der Waals surface area contributed by atoms with Crippen LogP contribution in [0.3, 0.4) is 0 Å². The van der Waals surface area contributed by atoms with E-state index in [1.165, 1.54) is 13.3 Å². The second-order valence-corrected chi connectivity index (χ2v) is 7.99. The van der Waals surface area contributed by atoms with Crippen molar-refractivity contribution in [3.05, 3.63) is 12.2 Å². The molecule has 1 aliphatic heterocycles. The Labute approximate surface area is 165 Å². The number of nitrogens with zero attached hydrogens (tertiary/aromatic N) is 4.